The second-order valence-electron chi connectivity index (χ2n) is 12.2. The molecule has 0 bridgehead atoms. The average molecular weight is 573 g/mol. The SMILES string of the molecule is Cc1ccsc1-c1ccc(CNC(=O)[C@@H]2C[C@@H](O)CN2C(=O)[C@H](C(C)C)C2Cc3ccccc3C2=O)c(C(C)C)c1. The Hall–Kier alpha value is -3.29. The van der Waals surface area contributed by atoms with E-state index in [-0.39, 0.29) is 42.4 Å². The van der Waals surface area contributed by atoms with Crippen LogP contribution in [0.1, 0.15) is 72.6 Å². The van der Waals surface area contributed by atoms with Crippen molar-refractivity contribution in [1.82, 2.24) is 10.2 Å². The molecule has 4 atom stereocenters. The zero-order chi connectivity index (χ0) is 29.4. The van der Waals surface area contributed by atoms with Crippen LogP contribution < -0.4 is 5.32 Å². The number of β-amino-alcohol motifs (C(OH)–C–C–N with tert-alkyl or cyclic N) is 1. The summed E-state index contributed by atoms with van der Waals surface area (Å²) in [7, 11) is 0. The highest BCUT2D eigenvalue weighted by Gasteiger charge is 2.47. The number of nitrogens with zero attached hydrogens (tertiary/aromatic N) is 1. The number of hydrogen-bond acceptors (Lipinski definition) is 5. The van der Waals surface area contributed by atoms with Crippen molar-refractivity contribution < 1.29 is 19.5 Å². The van der Waals surface area contributed by atoms with E-state index in [1.54, 1.807) is 11.3 Å². The molecule has 2 N–H and O–H groups in total. The van der Waals surface area contributed by atoms with Crippen LogP contribution in [0.3, 0.4) is 0 Å². The van der Waals surface area contributed by atoms with E-state index < -0.39 is 24.0 Å². The Morgan fingerprint density at radius 1 is 1.10 bits per heavy atom. The molecule has 1 fully saturated rings. The predicted molar refractivity (Wildman–Crippen MR) is 163 cm³/mol. The van der Waals surface area contributed by atoms with Crippen LogP contribution in [0.25, 0.3) is 10.4 Å². The molecular formula is C34H40N2O4S. The minimum Gasteiger partial charge on any atom is -0.391 e. The number of aliphatic hydroxyl groups is 1. The molecule has 1 aliphatic carbocycles. The molecule has 2 amide bonds. The summed E-state index contributed by atoms with van der Waals surface area (Å²) in [5, 5.41) is 15.7. The van der Waals surface area contributed by atoms with E-state index in [0.717, 1.165) is 11.1 Å². The number of fused-ring (bicyclic) bond motifs is 1. The van der Waals surface area contributed by atoms with Crippen LogP contribution in [0.4, 0.5) is 0 Å². The van der Waals surface area contributed by atoms with E-state index in [1.165, 1.54) is 26.5 Å². The average Bonchev–Trinajstić information content (AvgIpc) is 3.64. The van der Waals surface area contributed by atoms with Crippen molar-refractivity contribution in [2.45, 2.75) is 72.1 Å². The summed E-state index contributed by atoms with van der Waals surface area (Å²) in [4.78, 5) is 43.6. The van der Waals surface area contributed by atoms with Gasteiger partial charge in [-0.2, -0.15) is 0 Å². The molecule has 5 rings (SSSR count). The maximum Gasteiger partial charge on any atom is 0.243 e. The molecule has 0 spiro atoms. The molecule has 3 aromatic rings. The number of benzene rings is 2. The molecule has 1 unspecified atom stereocenters. The Kier molecular flexibility index (Phi) is 8.48. The zero-order valence-electron chi connectivity index (χ0n) is 24.5. The number of Topliss-reactive ketones (excluding diaryl/α,β-unsaturated/α-hetero) is 1. The fraction of sp³-hybridized carbons (Fsp3) is 0.441. The number of aliphatic hydroxyl groups excluding tert-OH is 1. The van der Waals surface area contributed by atoms with Crippen LogP contribution in [-0.4, -0.2) is 46.3 Å². The Bertz CT molecular complexity index is 1460. The maximum absolute atomic E-state index is 14.0. The fourth-order valence-corrected chi connectivity index (χ4v) is 7.51. The molecule has 216 valence electrons. The standard InChI is InChI=1S/C34H40N2O4S/c1-19(2)27-15-23(32-21(5)12-13-41-32)10-11-24(27)17-35-33(39)29-16-25(37)18-36(29)34(40)30(20(3)4)28-14-22-8-6-7-9-26(22)31(28)38/h6-13,15,19-20,25,28-30,37H,14,16-18H2,1-5H3,(H,35,39)/t25-,28?,29+,30-/m1/s1. The first-order valence-corrected chi connectivity index (χ1v) is 15.5. The lowest BCUT2D eigenvalue weighted by atomic mass is 9.79. The van der Waals surface area contributed by atoms with Gasteiger partial charge in [-0.15, -0.1) is 11.3 Å². The molecule has 0 saturated carbocycles. The number of carbonyl (C=O) groups is 3. The van der Waals surface area contributed by atoms with E-state index in [9.17, 15) is 19.5 Å². The van der Waals surface area contributed by atoms with Gasteiger partial charge in [-0.05, 0) is 70.5 Å². The molecule has 1 aliphatic heterocycles. The van der Waals surface area contributed by atoms with Crippen LogP contribution in [0, 0.1) is 24.7 Å². The Labute approximate surface area is 246 Å². The summed E-state index contributed by atoms with van der Waals surface area (Å²) in [5.41, 5.74) is 6.30. The van der Waals surface area contributed by atoms with Crippen molar-refractivity contribution >= 4 is 28.9 Å². The van der Waals surface area contributed by atoms with Gasteiger partial charge in [0.15, 0.2) is 5.78 Å². The van der Waals surface area contributed by atoms with Gasteiger partial charge in [-0.1, -0.05) is 64.1 Å². The third-order valence-corrected chi connectivity index (χ3v) is 9.77. The number of ketones is 1. The van der Waals surface area contributed by atoms with E-state index >= 15 is 0 Å². The number of aryl methyl sites for hydroxylation is 1. The fourth-order valence-electron chi connectivity index (χ4n) is 6.58. The van der Waals surface area contributed by atoms with Crippen molar-refractivity contribution in [2.24, 2.45) is 17.8 Å². The van der Waals surface area contributed by atoms with E-state index in [2.05, 4.69) is 55.7 Å². The van der Waals surface area contributed by atoms with Gasteiger partial charge in [0.2, 0.25) is 11.8 Å². The number of likely N-dealkylation sites (tertiary alicyclic amines) is 1. The van der Waals surface area contributed by atoms with Gasteiger partial charge in [0.05, 0.1) is 12.0 Å². The monoisotopic (exact) mass is 572 g/mol. The predicted octanol–water partition coefficient (Wildman–Crippen LogP) is 5.75. The van der Waals surface area contributed by atoms with Crippen LogP contribution in [0.5, 0.6) is 0 Å². The second-order valence-corrected chi connectivity index (χ2v) is 13.1. The number of rotatable bonds is 8. The first kappa shape index (κ1) is 29.2. The third kappa shape index (κ3) is 5.75. The first-order valence-electron chi connectivity index (χ1n) is 14.6. The minimum atomic E-state index is -0.779. The van der Waals surface area contributed by atoms with Crippen molar-refractivity contribution in [3.63, 3.8) is 0 Å². The van der Waals surface area contributed by atoms with Crippen molar-refractivity contribution in [2.75, 3.05) is 6.54 Å². The Morgan fingerprint density at radius 3 is 2.51 bits per heavy atom. The molecule has 6 nitrogen and oxygen atoms in total. The number of carbonyl (C=O) groups excluding carboxylic acids is 3. The van der Waals surface area contributed by atoms with Crippen molar-refractivity contribution in [3.8, 4) is 10.4 Å². The molecule has 2 aromatic carbocycles. The highest BCUT2D eigenvalue weighted by atomic mass is 32.1. The summed E-state index contributed by atoms with van der Waals surface area (Å²) in [6.45, 7) is 10.8. The van der Waals surface area contributed by atoms with Crippen LogP contribution in [-0.2, 0) is 22.6 Å². The second kappa shape index (κ2) is 11.9. The largest absolute Gasteiger partial charge is 0.391 e. The number of thiophene rings is 1. The maximum atomic E-state index is 14.0. The number of nitrogens with one attached hydrogen (secondary N) is 1. The first-order chi connectivity index (χ1) is 19.6. The molecule has 2 heterocycles. The van der Waals surface area contributed by atoms with E-state index in [4.69, 9.17) is 0 Å². The van der Waals surface area contributed by atoms with Gasteiger partial charge in [0.1, 0.15) is 6.04 Å². The van der Waals surface area contributed by atoms with Gasteiger partial charge in [0.25, 0.3) is 0 Å². The summed E-state index contributed by atoms with van der Waals surface area (Å²) < 4.78 is 0. The lowest BCUT2D eigenvalue weighted by Crippen LogP contribution is -2.50. The molecule has 0 radical (unpaired) electrons. The molecule has 2 aliphatic rings. The summed E-state index contributed by atoms with van der Waals surface area (Å²) >= 11 is 1.72. The van der Waals surface area contributed by atoms with Crippen molar-refractivity contribution in [1.29, 1.82) is 0 Å². The van der Waals surface area contributed by atoms with Crippen LogP contribution in [0.15, 0.2) is 53.9 Å². The molecule has 1 saturated heterocycles. The van der Waals surface area contributed by atoms with Gasteiger partial charge < -0.3 is 15.3 Å². The highest BCUT2D eigenvalue weighted by Crippen LogP contribution is 2.37. The number of amides is 2. The molecular weight excluding hydrogens is 532 g/mol. The van der Waals surface area contributed by atoms with Gasteiger partial charge in [-0.3, -0.25) is 14.4 Å². The van der Waals surface area contributed by atoms with Gasteiger partial charge >= 0.3 is 0 Å². The third-order valence-electron chi connectivity index (χ3n) is 8.71. The lowest BCUT2D eigenvalue weighted by Gasteiger charge is -2.32. The van der Waals surface area contributed by atoms with Gasteiger partial charge in [0, 0.05) is 35.9 Å². The van der Waals surface area contributed by atoms with Gasteiger partial charge in [-0.25, -0.2) is 0 Å². The van der Waals surface area contributed by atoms with Crippen LogP contribution >= 0.6 is 11.3 Å². The minimum absolute atomic E-state index is 0.00389. The number of hydrogen-bond donors (Lipinski definition) is 2. The Balaban J connectivity index is 1.32. The zero-order valence-corrected chi connectivity index (χ0v) is 25.3. The van der Waals surface area contributed by atoms with E-state index in [0.29, 0.717) is 18.5 Å². The lowest BCUT2D eigenvalue weighted by molar-refractivity contribution is -0.144. The Morgan fingerprint density at radius 2 is 1.85 bits per heavy atom. The highest BCUT2D eigenvalue weighted by molar-refractivity contribution is 7.13. The van der Waals surface area contributed by atoms with E-state index in [1.807, 2.05) is 38.1 Å². The topological polar surface area (TPSA) is 86.7 Å². The quantitative estimate of drug-likeness (QED) is 0.360. The molecule has 41 heavy (non-hydrogen) atoms. The normalized spacial score (nSPS) is 21.0. The van der Waals surface area contributed by atoms with Crippen LogP contribution in [0.2, 0.25) is 0 Å². The van der Waals surface area contributed by atoms with Crippen molar-refractivity contribution in [3.05, 3.63) is 81.7 Å². The summed E-state index contributed by atoms with van der Waals surface area (Å²) in [6, 6.07) is 15.3. The molecule has 1 aromatic heterocycles. The summed E-state index contributed by atoms with van der Waals surface area (Å²) in [6.07, 6.45) is -0.0662. The molecule has 7 heteroatoms. The summed E-state index contributed by atoms with van der Waals surface area (Å²) in [5.74, 6) is -1.33. The smallest absolute Gasteiger partial charge is 0.243 e.